The zero-order valence-electron chi connectivity index (χ0n) is 12.4. The average Bonchev–Trinajstić information content (AvgIpc) is 2.45. The molecule has 1 amide bonds. The van der Waals surface area contributed by atoms with Gasteiger partial charge < -0.3 is 10.4 Å². The molecule has 0 saturated carbocycles. The van der Waals surface area contributed by atoms with Gasteiger partial charge >= 0.3 is 0 Å². The highest BCUT2D eigenvalue weighted by molar-refractivity contribution is 5.94. The lowest BCUT2D eigenvalue weighted by Crippen LogP contribution is -2.37. The molecule has 0 aliphatic rings. The molecular weight excluding hydrogens is 250 g/mol. The van der Waals surface area contributed by atoms with Crippen LogP contribution in [-0.2, 0) is 0 Å². The van der Waals surface area contributed by atoms with E-state index in [4.69, 9.17) is 5.11 Å². The maximum absolute atomic E-state index is 12.1. The second kappa shape index (κ2) is 8.39. The fraction of sp³-hybridized carbons (Fsp3) is 0.471. The van der Waals surface area contributed by atoms with E-state index in [0.29, 0.717) is 17.9 Å². The van der Waals surface area contributed by atoms with Crippen LogP contribution in [0, 0.1) is 17.8 Å². The number of benzene rings is 1. The Morgan fingerprint density at radius 1 is 1.30 bits per heavy atom. The molecule has 1 atom stereocenters. The van der Waals surface area contributed by atoms with E-state index in [2.05, 4.69) is 37.9 Å². The number of aliphatic hydroxyl groups excluding tert-OH is 1. The lowest BCUT2D eigenvalue weighted by atomic mass is 10.0. The van der Waals surface area contributed by atoms with Gasteiger partial charge in [-0.2, -0.15) is 0 Å². The Bertz CT molecular complexity index is 480. The number of rotatable bonds is 5. The predicted molar refractivity (Wildman–Crippen MR) is 81.4 cm³/mol. The Kier molecular flexibility index (Phi) is 6.83. The van der Waals surface area contributed by atoms with Crippen molar-refractivity contribution in [3.05, 3.63) is 35.4 Å². The molecule has 0 saturated heterocycles. The Hall–Kier alpha value is -1.79. The number of carbonyl (C=O) groups is 1. The number of aliphatic hydroxyl groups is 1. The molecule has 108 valence electrons. The van der Waals surface area contributed by atoms with Crippen LogP contribution >= 0.6 is 0 Å². The standard InChI is InChI=1S/C17H23NO2/c1-4-16(13(2)3)18-17(20)15-10-8-14(9-11-15)7-5-6-12-19/h8-11,13,16,19H,4,6,12H2,1-3H3,(H,18,20). The summed E-state index contributed by atoms with van der Waals surface area (Å²) in [5.41, 5.74) is 1.50. The first-order valence-electron chi connectivity index (χ1n) is 7.09. The average molecular weight is 273 g/mol. The molecule has 1 aromatic carbocycles. The lowest BCUT2D eigenvalue weighted by molar-refractivity contribution is 0.0924. The molecule has 20 heavy (non-hydrogen) atoms. The Morgan fingerprint density at radius 2 is 1.95 bits per heavy atom. The minimum absolute atomic E-state index is 0.0413. The van der Waals surface area contributed by atoms with Crippen LogP contribution in [0.4, 0.5) is 0 Å². The molecule has 0 heterocycles. The SMILES string of the molecule is CCC(NC(=O)c1ccc(C#CCCO)cc1)C(C)C. The zero-order valence-corrected chi connectivity index (χ0v) is 12.4. The van der Waals surface area contributed by atoms with Crippen molar-refractivity contribution >= 4 is 5.91 Å². The summed E-state index contributed by atoms with van der Waals surface area (Å²) < 4.78 is 0. The summed E-state index contributed by atoms with van der Waals surface area (Å²) in [6.45, 7) is 6.36. The molecule has 0 aromatic heterocycles. The predicted octanol–water partition coefficient (Wildman–Crippen LogP) is 2.58. The second-order valence-corrected chi connectivity index (χ2v) is 5.08. The number of carbonyl (C=O) groups excluding carboxylic acids is 1. The van der Waals surface area contributed by atoms with Gasteiger partial charge in [0.2, 0.25) is 0 Å². The summed E-state index contributed by atoms with van der Waals surface area (Å²) in [6.07, 6.45) is 1.39. The van der Waals surface area contributed by atoms with Gasteiger partial charge in [-0.3, -0.25) is 4.79 Å². The fourth-order valence-electron chi connectivity index (χ4n) is 1.92. The summed E-state index contributed by atoms with van der Waals surface area (Å²) >= 11 is 0. The van der Waals surface area contributed by atoms with Crippen molar-refractivity contribution in [2.75, 3.05) is 6.61 Å². The van der Waals surface area contributed by atoms with Crippen molar-refractivity contribution in [2.24, 2.45) is 5.92 Å². The largest absolute Gasteiger partial charge is 0.395 e. The van der Waals surface area contributed by atoms with Crippen LogP contribution in [0.5, 0.6) is 0 Å². The summed E-state index contributed by atoms with van der Waals surface area (Å²) in [4.78, 5) is 12.1. The van der Waals surface area contributed by atoms with Gasteiger partial charge in [0.1, 0.15) is 0 Å². The van der Waals surface area contributed by atoms with Crippen molar-refractivity contribution in [1.29, 1.82) is 0 Å². The molecule has 0 bridgehead atoms. The fourth-order valence-corrected chi connectivity index (χ4v) is 1.92. The third kappa shape index (κ3) is 5.07. The van der Waals surface area contributed by atoms with E-state index in [1.165, 1.54) is 0 Å². The first-order chi connectivity index (χ1) is 9.58. The van der Waals surface area contributed by atoms with E-state index >= 15 is 0 Å². The van der Waals surface area contributed by atoms with Crippen molar-refractivity contribution < 1.29 is 9.90 Å². The van der Waals surface area contributed by atoms with Crippen LogP contribution in [0.25, 0.3) is 0 Å². The third-order valence-corrected chi connectivity index (χ3v) is 3.18. The Balaban J connectivity index is 2.69. The first-order valence-corrected chi connectivity index (χ1v) is 7.09. The van der Waals surface area contributed by atoms with Crippen LogP contribution in [0.15, 0.2) is 24.3 Å². The van der Waals surface area contributed by atoms with E-state index in [9.17, 15) is 4.79 Å². The monoisotopic (exact) mass is 273 g/mol. The van der Waals surface area contributed by atoms with Crippen LogP contribution in [0.3, 0.4) is 0 Å². The minimum atomic E-state index is -0.0413. The topological polar surface area (TPSA) is 49.3 Å². The van der Waals surface area contributed by atoms with Crippen LogP contribution in [-0.4, -0.2) is 23.7 Å². The quantitative estimate of drug-likeness (QED) is 0.810. The number of hydrogen-bond acceptors (Lipinski definition) is 2. The molecule has 0 fully saturated rings. The van der Waals surface area contributed by atoms with Gasteiger partial charge in [-0.1, -0.05) is 32.6 Å². The maximum Gasteiger partial charge on any atom is 0.251 e. The van der Waals surface area contributed by atoms with Gasteiger partial charge in [-0.05, 0) is 36.6 Å². The zero-order chi connectivity index (χ0) is 15.0. The van der Waals surface area contributed by atoms with Gasteiger partial charge in [0.25, 0.3) is 5.91 Å². The highest BCUT2D eigenvalue weighted by Gasteiger charge is 2.14. The van der Waals surface area contributed by atoms with Gasteiger partial charge in [0, 0.05) is 23.6 Å². The van der Waals surface area contributed by atoms with Gasteiger partial charge in [0.05, 0.1) is 6.61 Å². The van der Waals surface area contributed by atoms with E-state index in [0.717, 1.165) is 12.0 Å². The lowest BCUT2D eigenvalue weighted by Gasteiger charge is -2.20. The van der Waals surface area contributed by atoms with Crippen LogP contribution < -0.4 is 5.32 Å². The molecule has 1 aromatic rings. The normalized spacial score (nSPS) is 11.7. The van der Waals surface area contributed by atoms with Gasteiger partial charge in [-0.25, -0.2) is 0 Å². The van der Waals surface area contributed by atoms with Crippen molar-refractivity contribution in [3.63, 3.8) is 0 Å². The molecule has 1 unspecified atom stereocenters. The van der Waals surface area contributed by atoms with Gasteiger partial charge in [0.15, 0.2) is 0 Å². The minimum Gasteiger partial charge on any atom is -0.395 e. The first kappa shape index (κ1) is 16.3. The summed E-state index contributed by atoms with van der Waals surface area (Å²) in [5, 5.41) is 11.7. The summed E-state index contributed by atoms with van der Waals surface area (Å²) in [6, 6.07) is 7.42. The van der Waals surface area contributed by atoms with Crippen LogP contribution in [0.1, 0.15) is 49.5 Å². The Labute approximate surface area is 121 Å². The van der Waals surface area contributed by atoms with E-state index < -0.39 is 0 Å². The molecule has 2 N–H and O–H groups in total. The summed E-state index contributed by atoms with van der Waals surface area (Å²) in [7, 11) is 0. The molecule has 0 radical (unpaired) electrons. The third-order valence-electron chi connectivity index (χ3n) is 3.18. The van der Waals surface area contributed by atoms with Crippen molar-refractivity contribution in [2.45, 2.75) is 39.7 Å². The van der Waals surface area contributed by atoms with E-state index in [1.54, 1.807) is 12.1 Å². The molecule has 0 spiro atoms. The number of nitrogens with one attached hydrogen (secondary N) is 1. The molecule has 0 aliphatic heterocycles. The van der Waals surface area contributed by atoms with Crippen molar-refractivity contribution in [3.8, 4) is 11.8 Å². The van der Waals surface area contributed by atoms with Crippen LogP contribution in [0.2, 0.25) is 0 Å². The molecule has 3 nitrogen and oxygen atoms in total. The molecule has 3 heteroatoms. The molecular formula is C17H23NO2. The van der Waals surface area contributed by atoms with E-state index in [1.807, 2.05) is 12.1 Å². The summed E-state index contributed by atoms with van der Waals surface area (Å²) in [5.74, 6) is 6.18. The maximum atomic E-state index is 12.1. The highest BCUT2D eigenvalue weighted by atomic mass is 16.2. The molecule has 0 aliphatic carbocycles. The number of amides is 1. The van der Waals surface area contributed by atoms with Crippen molar-refractivity contribution in [1.82, 2.24) is 5.32 Å². The van der Waals surface area contributed by atoms with E-state index in [-0.39, 0.29) is 18.6 Å². The smallest absolute Gasteiger partial charge is 0.251 e. The molecule has 1 rings (SSSR count). The number of hydrogen-bond donors (Lipinski definition) is 2. The highest BCUT2D eigenvalue weighted by Crippen LogP contribution is 2.08. The Morgan fingerprint density at radius 3 is 2.45 bits per heavy atom. The van der Waals surface area contributed by atoms with Gasteiger partial charge in [-0.15, -0.1) is 0 Å². The second-order valence-electron chi connectivity index (χ2n) is 5.08.